The number of piperidine rings is 1. The van der Waals surface area contributed by atoms with Crippen molar-refractivity contribution in [2.75, 3.05) is 5.32 Å². The van der Waals surface area contributed by atoms with Gasteiger partial charge in [-0.2, -0.15) is 0 Å². The molecule has 0 aliphatic carbocycles. The first kappa shape index (κ1) is 17.3. The van der Waals surface area contributed by atoms with Gasteiger partial charge in [-0.05, 0) is 68.2 Å². The zero-order valence-electron chi connectivity index (χ0n) is 13.5. The third-order valence-electron chi connectivity index (χ3n) is 5.06. The summed E-state index contributed by atoms with van der Waals surface area (Å²) in [4.78, 5) is 12.3. The standard InChI is InChI=1S/C18H26N2O.ClH/c1-3-14-11-17(5-4-12(14)2)20-18(21)10-13-8-15-6-7-16(9-13)19-15;/h4-5,11,13,15-16,19H,3,6-10H2,1-2H3,(H,20,21);1H. The number of hydrogen-bond acceptors (Lipinski definition) is 2. The summed E-state index contributed by atoms with van der Waals surface area (Å²) >= 11 is 0. The molecule has 0 saturated carbocycles. The van der Waals surface area contributed by atoms with E-state index >= 15 is 0 Å². The zero-order valence-corrected chi connectivity index (χ0v) is 14.3. The minimum absolute atomic E-state index is 0. The smallest absolute Gasteiger partial charge is 0.224 e. The lowest BCUT2D eigenvalue weighted by Crippen LogP contribution is -2.39. The Bertz CT molecular complexity index is 520. The van der Waals surface area contributed by atoms with E-state index in [0.29, 0.717) is 24.4 Å². The van der Waals surface area contributed by atoms with Crippen LogP contribution in [0.15, 0.2) is 18.2 Å². The second-order valence-corrected chi connectivity index (χ2v) is 6.72. The van der Waals surface area contributed by atoms with E-state index in [1.807, 2.05) is 6.07 Å². The summed E-state index contributed by atoms with van der Waals surface area (Å²) < 4.78 is 0. The zero-order chi connectivity index (χ0) is 14.8. The van der Waals surface area contributed by atoms with Crippen LogP contribution in [0.4, 0.5) is 5.69 Å². The monoisotopic (exact) mass is 322 g/mol. The van der Waals surface area contributed by atoms with E-state index in [2.05, 4.69) is 36.6 Å². The maximum atomic E-state index is 12.3. The fourth-order valence-electron chi connectivity index (χ4n) is 3.95. The van der Waals surface area contributed by atoms with E-state index in [9.17, 15) is 4.79 Å². The van der Waals surface area contributed by atoms with Crippen LogP contribution in [0.5, 0.6) is 0 Å². The Morgan fingerprint density at radius 2 is 1.95 bits per heavy atom. The molecule has 2 saturated heterocycles. The molecule has 2 N–H and O–H groups in total. The number of benzene rings is 1. The SMILES string of the molecule is CCc1cc(NC(=O)CC2CC3CCC(C2)N3)ccc1C.Cl. The van der Waals surface area contributed by atoms with Gasteiger partial charge in [0.15, 0.2) is 0 Å². The largest absolute Gasteiger partial charge is 0.326 e. The topological polar surface area (TPSA) is 41.1 Å². The van der Waals surface area contributed by atoms with Crippen LogP contribution in [0.25, 0.3) is 0 Å². The van der Waals surface area contributed by atoms with Gasteiger partial charge in [-0.3, -0.25) is 4.79 Å². The molecular weight excluding hydrogens is 296 g/mol. The highest BCUT2D eigenvalue weighted by molar-refractivity contribution is 5.91. The van der Waals surface area contributed by atoms with Gasteiger partial charge in [-0.15, -0.1) is 12.4 Å². The van der Waals surface area contributed by atoms with Gasteiger partial charge in [0.05, 0.1) is 0 Å². The first-order valence-corrected chi connectivity index (χ1v) is 8.29. The van der Waals surface area contributed by atoms with Crippen LogP contribution in [0, 0.1) is 12.8 Å². The number of aryl methyl sites for hydroxylation is 2. The van der Waals surface area contributed by atoms with E-state index in [4.69, 9.17) is 0 Å². The van der Waals surface area contributed by atoms with Crippen LogP contribution in [-0.2, 0) is 11.2 Å². The minimum Gasteiger partial charge on any atom is -0.326 e. The van der Waals surface area contributed by atoms with E-state index in [-0.39, 0.29) is 18.3 Å². The van der Waals surface area contributed by atoms with Crippen LogP contribution in [-0.4, -0.2) is 18.0 Å². The summed E-state index contributed by atoms with van der Waals surface area (Å²) in [6.07, 6.45) is 6.59. The molecule has 3 rings (SSSR count). The van der Waals surface area contributed by atoms with E-state index < -0.39 is 0 Å². The van der Waals surface area contributed by atoms with Crippen molar-refractivity contribution in [1.82, 2.24) is 5.32 Å². The first-order chi connectivity index (χ1) is 10.1. The molecule has 2 unspecified atom stereocenters. The van der Waals surface area contributed by atoms with E-state index in [1.54, 1.807) is 0 Å². The molecule has 0 radical (unpaired) electrons. The van der Waals surface area contributed by atoms with Crippen LogP contribution < -0.4 is 10.6 Å². The number of hydrogen-bond donors (Lipinski definition) is 2. The van der Waals surface area contributed by atoms with Crippen molar-refractivity contribution in [3.05, 3.63) is 29.3 Å². The second kappa shape index (κ2) is 7.47. The number of amides is 1. The lowest BCUT2D eigenvalue weighted by molar-refractivity contribution is -0.117. The van der Waals surface area contributed by atoms with Crippen LogP contribution in [0.2, 0.25) is 0 Å². The van der Waals surface area contributed by atoms with Gasteiger partial charge in [-0.25, -0.2) is 0 Å². The lowest BCUT2D eigenvalue weighted by Gasteiger charge is -2.28. The average Bonchev–Trinajstić information content (AvgIpc) is 2.80. The maximum absolute atomic E-state index is 12.3. The predicted molar refractivity (Wildman–Crippen MR) is 93.7 cm³/mol. The molecule has 2 aliphatic rings. The number of carbonyl (C=O) groups is 1. The first-order valence-electron chi connectivity index (χ1n) is 8.29. The van der Waals surface area contributed by atoms with Gasteiger partial charge in [0, 0.05) is 24.2 Å². The average molecular weight is 323 g/mol. The Kier molecular flexibility index (Phi) is 5.87. The Balaban J connectivity index is 0.00000176. The molecule has 1 aromatic carbocycles. The van der Waals surface area contributed by atoms with Gasteiger partial charge in [-0.1, -0.05) is 13.0 Å². The molecule has 2 fully saturated rings. The molecule has 1 amide bonds. The summed E-state index contributed by atoms with van der Waals surface area (Å²) in [6.45, 7) is 4.27. The molecular formula is C18H27ClN2O. The summed E-state index contributed by atoms with van der Waals surface area (Å²) in [5.74, 6) is 0.729. The molecule has 122 valence electrons. The molecule has 2 heterocycles. The molecule has 2 aliphatic heterocycles. The number of anilines is 1. The molecule has 4 heteroatoms. The molecule has 0 spiro atoms. The summed E-state index contributed by atoms with van der Waals surface area (Å²) in [7, 11) is 0. The van der Waals surface area contributed by atoms with Gasteiger partial charge >= 0.3 is 0 Å². The fraction of sp³-hybridized carbons (Fsp3) is 0.611. The maximum Gasteiger partial charge on any atom is 0.224 e. The molecule has 3 nitrogen and oxygen atoms in total. The summed E-state index contributed by atoms with van der Waals surface area (Å²) in [5, 5.41) is 6.71. The van der Waals surface area contributed by atoms with E-state index in [1.165, 1.54) is 24.0 Å². The number of rotatable bonds is 4. The normalized spacial score (nSPS) is 26.4. The van der Waals surface area contributed by atoms with Crippen molar-refractivity contribution in [3.8, 4) is 0 Å². The minimum atomic E-state index is 0. The van der Waals surface area contributed by atoms with Crippen LogP contribution in [0.3, 0.4) is 0 Å². The van der Waals surface area contributed by atoms with Crippen molar-refractivity contribution < 1.29 is 4.79 Å². The highest BCUT2D eigenvalue weighted by Gasteiger charge is 2.34. The third-order valence-corrected chi connectivity index (χ3v) is 5.06. The summed E-state index contributed by atoms with van der Waals surface area (Å²) in [6, 6.07) is 7.54. The quantitative estimate of drug-likeness (QED) is 0.884. The van der Waals surface area contributed by atoms with Gasteiger partial charge in [0.2, 0.25) is 5.91 Å². The highest BCUT2D eigenvalue weighted by Crippen LogP contribution is 2.32. The van der Waals surface area contributed by atoms with Crippen molar-refractivity contribution in [2.45, 2.75) is 64.5 Å². The third kappa shape index (κ3) is 4.02. The van der Waals surface area contributed by atoms with E-state index in [0.717, 1.165) is 24.9 Å². The fourth-order valence-corrected chi connectivity index (χ4v) is 3.95. The summed E-state index contributed by atoms with van der Waals surface area (Å²) in [5.41, 5.74) is 3.55. The molecule has 2 bridgehead atoms. The second-order valence-electron chi connectivity index (χ2n) is 6.72. The van der Waals surface area contributed by atoms with Gasteiger partial charge in [0.25, 0.3) is 0 Å². The van der Waals surface area contributed by atoms with Crippen molar-refractivity contribution in [3.63, 3.8) is 0 Å². The van der Waals surface area contributed by atoms with Crippen LogP contribution >= 0.6 is 12.4 Å². The molecule has 2 atom stereocenters. The number of halogens is 1. The molecule has 22 heavy (non-hydrogen) atoms. The molecule has 1 aromatic rings. The Morgan fingerprint density at radius 1 is 1.27 bits per heavy atom. The lowest BCUT2D eigenvalue weighted by atomic mass is 9.89. The van der Waals surface area contributed by atoms with Crippen molar-refractivity contribution in [1.29, 1.82) is 0 Å². The number of fused-ring (bicyclic) bond motifs is 2. The number of nitrogens with one attached hydrogen (secondary N) is 2. The highest BCUT2D eigenvalue weighted by atomic mass is 35.5. The Morgan fingerprint density at radius 3 is 2.59 bits per heavy atom. The van der Waals surface area contributed by atoms with Gasteiger partial charge in [0.1, 0.15) is 0 Å². The predicted octanol–water partition coefficient (Wildman–Crippen LogP) is 3.84. The van der Waals surface area contributed by atoms with Crippen molar-refractivity contribution in [2.24, 2.45) is 5.92 Å². The van der Waals surface area contributed by atoms with Crippen molar-refractivity contribution >= 4 is 24.0 Å². The number of carbonyl (C=O) groups excluding carboxylic acids is 1. The Hall–Kier alpha value is -1.06. The Labute approximate surface area is 139 Å². The molecule has 0 aromatic heterocycles. The van der Waals surface area contributed by atoms with Crippen LogP contribution in [0.1, 0.15) is 50.2 Å². The van der Waals surface area contributed by atoms with Gasteiger partial charge < -0.3 is 10.6 Å².